The molecule has 0 spiro atoms. The van der Waals surface area contributed by atoms with Gasteiger partial charge in [-0.1, -0.05) is 29.8 Å². The van der Waals surface area contributed by atoms with Crippen LogP contribution in [-0.4, -0.2) is 55.5 Å². The fourth-order valence-corrected chi connectivity index (χ4v) is 4.14. The lowest BCUT2D eigenvalue weighted by Crippen LogP contribution is -2.40. The van der Waals surface area contributed by atoms with Crippen LogP contribution in [0.15, 0.2) is 59.5 Å². The molecule has 8 nitrogen and oxygen atoms in total. The van der Waals surface area contributed by atoms with Crippen molar-refractivity contribution in [3.63, 3.8) is 0 Å². The van der Waals surface area contributed by atoms with E-state index in [-0.39, 0.29) is 17.9 Å². The Balaban J connectivity index is 1.56. The number of benzene rings is 2. The maximum Gasteiger partial charge on any atom is 0.240 e. The second-order valence-corrected chi connectivity index (χ2v) is 8.82. The fourth-order valence-electron chi connectivity index (χ4n) is 2.97. The summed E-state index contributed by atoms with van der Waals surface area (Å²) in [5.41, 5.74) is 0.595. The van der Waals surface area contributed by atoms with E-state index in [2.05, 4.69) is 10.0 Å². The van der Waals surface area contributed by atoms with Crippen LogP contribution in [0.25, 0.3) is 0 Å². The van der Waals surface area contributed by atoms with Gasteiger partial charge in [0.15, 0.2) is 0 Å². The number of carbonyl (C=O) groups is 1. The number of halogens is 1. The van der Waals surface area contributed by atoms with Crippen molar-refractivity contribution in [2.75, 3.05) is 11.9 Å². The predicted molar refractivity (Wildman–Crippen MR) is 107 cm³/mol. The molecule has 1 fully saturated rings. The Kier molecular flexibility index (Phi) is 6.89. The standard InChI is InChI=1S/C19H21ClN2O6S/c20-12-6-8-14(9-7-12)29(26,27)21-11-16-19(25)18(24)15(28-16)10-17(23)22-13-4-2-1-3-5-13/h1-9,15-16,18-19,21,24-25H,10-11H2,(H,22,23)/t15-,16-,18+,19-/m1/s1. The summed E-state index contributed by atoms with van der Waals surface area (Å²) in [5.74, 6) is -0.394. The maximum atomic E-state index is 12.3. The van der Waals surface area contributed by atoms with Crippen LogP contribution in [-0.2, 0) is 19.6 Å². The van der Waals surface area contributed by atoms with E-state index in [0.29, 0.717) is 10.7 Å². The third-order valence-corrected chi connectivity index (χ3v) is 6.20. The van der Waals surface area contributed by atoms with E-state index < -0.39 is 40.3 Å². The minimum atomic E-state index is -3.85. The summed E-state index contributed by atoms with van der Waals surface area (Å²) in [6.45, 7) is -0.264. The molecule has 1 heterocycles. The molecule has 2 aromatic rings. The number of anilines is 1. The van der Waals surface area contributed by atoms with E-state index in [1.807, 2.05) is 6.07 Å². The van der Waals surface area contributed by atoms with Gasteiger partial charge in [0.1, 0.15) is 18.3 Å². The molecule has 3 rings (SSSR count). The van der Waals surface area contributed by atoms with Crippen molar-refractivity contribution in [2.45, 2.75) is 35.7 Å². The number of aliphatic hydroxyl groups excluding tert-OH is 2. The number of sulfonamides is 1. The van der Waals surface area contributed by atoms with E-state index in [0.717, 1.165) is 0 Å². The average molecular weight is 441 g/mol. The van der Waals surface area contributed by atoms with Crippen LogP contribution in [0, 0.1) is 0 Å². The SMILES string of the molecule is O=C(C[C@H]1O[C@H](CNS(=O)(=O)c2ccc(Cl)cc2)[C@@H](O)[C@H]1O)Nc1ccccc1. The first-order chi connectivity index (χ1) is 13.8. The van der Waals surface area contributed by atoms with Crippen molar-refractivity contribution < 1.29 is 28.2 Å². The fraction of sp³-hybridized carbons (Fsp3) is 0.316. The number of para-hydroxylation sites is 1. The lowest BCUT2D eigenvalue weighted by molar-refractivity contribution is -0.120. The quantitative estimate of drug-likeness (QED) is 0.511. The predicted octanol–water partition coefficient (Wildman–Crippen LogP) is 1.14. The van der Waals surface area contributed by atoms with Gasteiger partial charge in [0, 0.05) is 17.3 Å². The van der Waals surface area contributed by atoms with Gasteiger partial charge in [-0.2, -0.15) is 0 Å². The molecule has 1 aliphatic rings. The van der Waals surface area contributed by atoms with Crippen molar-refractivity contribution in [3.8, 4) is 0 Å². The molecule has 1 saturated heterocycles. The molecule has 10 heteroatoms. The highest BCUT2D eigenvalue weighted by Crippen LogP contribution is 2.24. The zero-order valence-corrected chi connectivity index (χ0v) is 16.8. The molecule has 156 valence electrons. The Labute approximate surface area is 173 Å². The number of aliphatic hydroxyl groups is 2. The molecule has 0 radical (unpaired) electrons. The van der Waals surface area contributed by atoms with Crippen LogP contribution in [0.2, 0.25) is 5.02 Å². The highest BCUT2D eigenvalue weighted by atomic mass is 35.5. The number of ether oxygens (including phenoxy) is 1. The van der Waals surface area contributed by atoms with Crippen molar-refractivity contribution in [1.29, 1.82) is 0 Å². The van der Waals surface area contributed by atoms with Gasteiger partial charge in [-0.3, -0.25) is 4.79 Å². The molecule has 4 N–H and O–H groups in total. The zero-order chi connectivity index (χ0) is 21.0. The van der Waals surface area contributed by atoms with E-state index in [1.54, 1.807) is 24.3 Å². The Hall–Kier alpha value is -2.01. The lowest BCUT2D eigenvalue weighted by atomic mass is 10.1. The van der Waals surface area contributed by atoms with E-state index in [9.17, 15) is 23.4 Å². The molecule has 1 aliphatic heterocycles. The Morgan fingerprint density at radius 3 is 2.28 bits per heavy atom. The van der Waals surface area contributed by atoms with Crippen LogP contribution in [0.5, 0.6) is 0 Å². The Bertz CT molecular complexity index is 939. The molecule has 1 amide bonds. The van der Waals surface area contributed by atoms with Crippen LogP contribution >= 0.6 is 11.6 Å². The molecule has 29 heavy (non-hydrogen) atoms. The molecule has 0 aromatic heterocycles. The molecule has 0 aliphatic carbocycles. The molecule has 0 bridgehead atoms. The molecule has 0 saturated carbocycles. The van der Waals surface area contributed by atoms with Gasteiger partial charge in [-0.25, -0.2) is 13.1 Å². The van der Waals surface area contributed by atoms with Gasteiger partial charge in [-0.05, 0) is 36.4 Å². The summed E-state index contributed by atoms with van der Waals surface area (Å²) in [7, 11) is -3.85. The van der Waals surface area contributed by atoms with Gasteiger partial charge in [-0.15, -0.1) is 0 Å². The number of nitrogens with one attached hydrogen (secondary N) is 2. The number of carbonyl (C=O) groups excluding carboxylic acids is 1. The third-order valence-electron chi connectivity index (χ3n) is 4.50. The molecular formula is C19H21ClN2O6S. The summed E-state index contributed by atoms with van der Waals surface area (Å²) in [6.07, 6.45) is -4.80. The lowest BCUT2D eigenvalue weighted by Gasteiger charge is -2.15. The number of amides is 1. The first kappa shape index (κ1) is 21.7. The summed E-state index contributed by atoms with van der Waals surface area (Å²) < 4.78 is 32.5. The van der Waals surface area contributed by atoms with Crippen molar-refractivity contribution >= 4 is 33.2 Å². The van der Waals surface area contributed by atoms with Crippen molar-refractivity contribution in [1.82, 2.24) is 4.72 Å². The minimum Gasteiger partial charge on any atom is -0.388 e. The van der Waals surface area contributed by atoms with Gasteiger partial charge < -0.3 is 20.3 Å². The Morgan fingerprint density at radius 1 is 1.00 bits per heavy atom. The third kappa shape index (κ3) is 5.53. The monoisotopic (exact) mass is 440 g/mol. The highest BCUT2D eigenvalue weighted by Gasteiger charge is 2.43. The Morgan fingerprint density at radius 2 is 1.62 bits per heavy atom. The van der Waals surface area contributed by atoms with Gasteiger partial charge in [0.2, 0.25) is 15.9 Å². The summed E-state index contributed by atoms with van der Waals surface area (Å²) in [6, 6.07) is 14.4. The first-order valence-electron chi connectivity index (χ1n) is 8.88. The normalized spacial score (nSPS) is 24.4. The van der Waals surface area contributed by atoms with E-state index >= 15 is 0 Å². The summed E-state index contributed by atoms with van der Waals surface area (Å²) in [4.78, 5) is 12.2. The topological polar surface area (TPSA) is 125 Å². The minimum absolute atomic E-state index is 0.00808. The maximum absolute atomic E-state index is 12.3. The van der Waals surface area contributed by atoms with Gasteiger partial charge in [0.25, 0.3) is 0 Å². The summed E-state index contributed by atoms with van der Waals surface area (Å²) in [5, 5.41) is 23.4. The number of rotatable bonds is 7. The van der Waals surface area contributed by atoms with Crippen LogP contribution in [0.3, 0.4) is 0 Å². The molecule has 0 unspecified atom stereocenters. The van der Waals surface area contributed by atoms with Gasteiger partial charge in [0.05, 0.1) is 17.4 Å². The van der Waals surface area contributed by atoms with Crippen LogP contribution in [0.1, 0.15) is 6.42 Å². The molecule has 2 aromatic carbocycles. The van der Waals surface area contributed by atoms with Crippen LogP contribution < -0.4 is 10.0 Å². The molecular weight excluding hydrogens is 420 g/mol. The smallest absolute Gasteiger partial charge is 0.240 e. The number of hydrogen-bond donors (Lipinski definition) is 4. The van der Waals surface area contributed by atoms with E-state index in [1.165, 1.54) is 24.3 Å². The van der Waals surface area contributed by atoms with Crippen LogP contribution in [0.4, 0.5) is 5.69 Å². The first-order valence-corrected chi connectivity index (χ1v) is 10.7. The summed E-state index contributed by atoms with van der Waals surface area (Å²) >= 11 is 5.76. The largest absolute Gasteiger partial charge is 0.388 e. The van der Waals surface area contributed by atoms with Crippen molar-refractivity contribution in [3.05, 3.63) is 59.6 Å². The van der Waals surface area contributed by atoms with E-state index in [4.69, 9.17) is 16.3 Å². The highest BCUT2D eigenvalue weighted by molar-refractivity contribution is 7.89. The van der Waals surface area contributed by atoms with Crippen molar-refractivity contribution in [2.24, 2.45) is 0 Å². The second kappa shape index (κ2) is 9.21. The molecule has 4 atom stereocenters. The number of hydrogen-bond acceptors (Lipinski definition) is 6. The zero-order valence-electron chi connectivity index (χ0n) is 15.2. The second-order valence-electron chi connectivity index (χ2n) is 6.62. The average Bonchev–Trinajstić information content (AvgIpc) is 2.95. The van der Waals surface area contributed by atoms with Gasteiger partial charge >= 0.3 is 0 Å².